The van der Waals surface area contributed by atoms with Gasteiger partial charge >= 0.3 is 6.09 Å². The van der Waals surface area contributed by atoms with Crippen LogP contribution >= 0.6 is 0 Å². The van der Waals surface area contributed by atoms with Gasteiger partial charge in [0, 0.05) is 6.54 Å². The van der Waals surface area contributed by atoms with Crippen molar-refractivity contribution in [1.29, 1.82) is 0 Å². The van der Waals surface area contributed by atoms with Crippen molar-refractivity contribution in [3.8, 4) is 0 Å². The monoisotopic (exact) mass is 413 g/mol. The van der Waals surface area contributed by atoms with Crippen LogP contribution in [-0.2, 0) is 4.74 Å². The molecule has 0 aromatic rings. The van der Waals surface area contributed by atoms with Crippen molar-refractivity contribution in [3.05, 3.63) is 0 Å². The van der Waals surface area contributed by atoms with Gasteiger partial charge in [-0.15, -0.1) is 0 Å². The molecule has 0 rings (SSSR count). The largest absolute Gasteiger partial charge is 0.444 e. The van der Waals surface area contributed by atoms with Gasteiger partial charge in [0.2, 0.25) is 0 Å². The van der Waals surface area contributed by atoms with Gasteiger partial charge < -0.3 is 14.5 Å². The standard InChI is InChI=1S/C25H52N2O2/c1-5-7-9-10-11-12-13-14-15-16-17-18-19-20-22-27(3,4)23-24-29-25(28)26-21-8-6-2/h5-24H2,1-4H3/p+1. The fourth-order valence-electron chi connectivity index (χ4n) is 3.65. The zero-order valence-corrected chi connectivity index (χ0v) is 20.4. The number of hydrogen-bond donors (Lipinski definition) is 1. The van der Waals surface area contributed by atoms with Crippen molar-refractivity contribution in [1.82, 2.24) is 5.32 Å². The van der Waals surface area contributed by atoms with Gasteiger partial charge in [-0.25, -0.2) is 4.79 Å². The normalized spacial score (nSPS) is 11.6. The third kappa shape index (κ3) is 21.8. The van der Waals surface area contributed by atoms with Crippen molar-refractivity contribution in [2.45, 2.75) is 117 Å². The van der Waals surface area contributed by atoms with E-state index in [2.05, 4.69) is 33.3 Å². The molecule has 1 amide bonds. The number of unbranched alkanes of at least 4 members (excludes halogenated alkanes) is 14. The van der Waals surface area contributed by atoms with Gasteiger partial charge in [0.1, 0.15) is 13.2 Å². The van der Waals surface area contributed by atoms with E-state index in [1.54, 1.807) is 0 Å². The van der Waals surface area contributed by atoms with Gasteiger partial charge in [-0.1, -0.05) is 97.3 Å². The van der Waals surface area contributed by atoms with Crippen LogP contribution in [0.1, 0.15) is 117 Å². The molecule has 0 aromatic heterocycles. The highest BCUT2D eigenvalue weighted by Crippen LogP contribution is 2.13. The fraction of sp³-hybridized carbons (Fsp3) is 0.960. The van der Waals surface area contributed by atoms with E-state index in [0.717, 1.165) is 23.9 Å². The van der Waals surface area contributed by atoms with E-state index in [9.17, 15) is 4.79 Å². The smallest absolute Gasteiger partial charge is 0.407 e. The van der Waals surface area contributed by atoms with Crippen LogP contribution < -0.4 is 5.32 Å². The number of rotatable bonds is 21. The average molecular weight is 414 g/mol. The predicted octanol–water partition coefficient (Wildman–Crippen LogP) is 7.07. The molecule has 1 N–H and O–H groups in total. The molecule has 0 aliphatic heterocycles. The van der Waals surface area contributed by atoms with Crippen LogP contribution in [0.2, 0.25) is 0 Å². The Bertz CT molecular complexity index is 359. The third-order valence-electron chi connectivity index (χ3n) is 5.85. The molecule has 0 atom stereocenters. The van der Waals surface area contributed by atoms with Gasteiger partial charge in [0.15, 0.2) is 0 Å². The fourth-order valence-corrected chi connectivity index (χ4v) is 3.65. The Labute approximate surface area is 182 Å². The summed E-state index contributed by atoms with van der Waals surface area (Å²) >= 11 is 0. The van der Waals surface area contributed by atoms with Gasteiger partial charge in [0.25, 0.3) is 0 Å². The second kappa shape index (κ2) is 20.5. The Kier molecular flexibility index (Phi) is 20.0. The van der Waals surface area contributed by atoms with Crippen molar-refractivity contribution in [2.75, 3.05) is 40.3 Å². The maximum absolute atomic E-state index is 11.6. The minimum Gasteiger partial charge on any atom is -0.444 e. The highest BCUT2D eigenvalue weighted by atomic mass is 16.5. The van der Waals surface area contributed by atoms with Crippen LogP contribution in [-0.4, -0.2) is 50.9 Å². The lowest BCUT2D eigenvalue weighted by molar-refractivity contribution is -0.890. The van der Waals surface area contributed by atoms with E-state index in [1.807, 2.05) is 0 Å². The van der Waals surface area contributed by atoms with Gasteiger partial charge in [0.05, 0.1) is 20.6 Å². The minimum atomic E-state index is -0.269. The van der Waals surface area contributed by atoms with Crippen LogP contribution in [0.15, 0.2) is 0 Å². The lowest BCUT2D eigenvalue weighted by Gasteiger charge is -2.29. The average Bonchev–Trinajstić information content (AvgIpc) is 2.68. The van der Waals surface area contributed by atoms with Gasteiger partial charge in [-0.2, -0.15) is 0 Å². The van der Waals surface area contributed by atoms with E-state index in [-0.39, 0.29) is 6.09 Å². The molecule has 174 valence electrons. The van der Waals surface area contributed by atoms with E-state index in [1.165, 1.54) is 96.4 Å². The number of amides is 1. The lowest BCUT2D eigenvalue weighted by Crippen LogP contribution is -2.43. The Hall–Kier alpha value is -0.770. The van der Waals surface area contributed by atoms with Crippen molar-refractivity contribution < 1.29 is 14.0 Å². The molecule has 29 heavy (non-hydrogen) atoms. The number of nitrogens with one attached hydrogen (secondary N) is 1. The summed E-state index contributed by atoms with van der Waals surface area (Å²) in [5.74, 6) is 0. The molecule has 0 spiro atoms. The molecule has 0 saturated carbocycles. The molecule has 0 heterocycles. The summed E-state index contributed by atoms with van der Waals surface area (Å²) in [6, 6.07) is 0. The molecule has 0 aliphatic carbocycles. The first-order valence-corrected chi connectivity index (χ1v) is 12.7. The van der Waals surface area contributed by atoms with E-state index in [4.69, 9.17) is 4.74 Å². The zero-order chi connectivity index (χ0) is 21.6. The number of likely N-dealkylation sites (N-methyl/N-ethyl adjacent to an activating group) is 1. The molecule has 0 aliphatic rings. The topological polar surface area (TPSA) is 38.3 Å². The highest BCUT2D eigenvalue weighted by Gasteiger charge is 2.15. The Morgan fingerprint density at radius 2 is 1.10 bits per heavy atom. The highest BCUT2D eigenvalue weighted by molar-refractivity contribution is 5.66. The summed E-state index contributed by atoms with van der Waals surface area (Å²) in [6.07, 6.45) is 21.4. The van der Waals surface area contributed by atoms with E-state index >= 15 is 0 Å². The van der Waals surface area contributed by atoms with Crippen LogP contribution in [0.3, 0.4) is 0 Å². The summed E-state index contributed by atoms with van der Waals surface area (Å²) in [7, 11) is 4.47. The molecule has 0 unspecified atom stereocenters. The Morgan fingerprint density at radius 1 is 0.655 bits per heavy atom. The summed E-state index contributed by atoms with van der Waals surface area (Å²) < 4.78 is 6.21. The number of quaternary nitrogens is 1. The number of hydrogen-bond acceptors (Lipinski definition) is 2. The van der Waals surface area contributed by atoms with Gasteiger partial charge in [-0.05, 0) is 19.3 Å². The first kappa shape index (κ1) is 28.2. The summed E-state index contributed by atoms with van der Waals surface area (Å²) in [5, 5.41) is 2.80. The molecule has 0 aromatic carbocycles. The van der Waals surface area contributed by atoms with Gasteiger partial charge in [-0.3, -0.25) is 0 Å². The number of nitrogens with zero attached hydrogens (tertiary/aromatic N) is 1. The third-order valence-corrected chi connectivity index (χ3v) is 5.85. The maximum Gasteiger partial charge on any atom is 0.407 e. The van der Waals surface area contributed by atoms with Crippen molar-refractivity contribution in [3.63, 3.8) is 0 Å². The quantitative estimate of drug-likeness (QED) is 0.161. The molecule has 0 fully saturated rings. The minimum absolute atomic E-state index is 0.269. The van der Waals surface area contributed by atoms with E-state index in [0.29, 0.717) is 13.2 Å². The molecule has 0 radical (unpaired) electrons. The predicted molar refractivity (Wildman–Crippen MR) is 126 cm³/mol. The molecular formula is C25H53N2O2+. The van der Waals surface area contributed by atoms with Crippen LogP contribution in [0.25, 0.3) is 0 Å². The molecule has 4 nitrogen and oxygen atoms in total. The van der Waals surface area contributed by atoms with Crippen LogP contribution in [0.4, 0.5) is 4.79 Å². The lowest BCUT2D eigenvalue weighted by atomic mass is 10.0. The first-order chi connectivity index (χ1) is 14.0. The van der Waals surface area contributed by atoms with Crippen molar-refractivity contribution >= 4 is 6.09 Å². The first-order valence-electron chi connectivity index (χ1n) is 12.7. The second-order valence-corrected chi connectivity index (χ2v) is 9.40. The summed E-state index contributed by atoms with van der Waals surface area (Å²) in [6.45, 7) is 7.67. The van der Waals surface area contributed by atoms with Crippen LogP contribution in [0.5, 0.6) is 0 Å². The zero-order valence-electron chi connectivity index (χ0n) is 20.4. The molecule has 0 bridgehead atoms. The maximum atomic E-state index is 11.6. The summed E-state index contributed by atoms with van der Waals surface area (Å²) in [5.41, 5.74) is 0. The molecule has 0 saturated heterocycles. The number of ether oxygens (including phenoxy) is 1. The van der Waals surface area contributed by atoms with E-state index < -0.39 is 0 Å². The Morgan fingerprint density at radius 3 is 1.59 bits per heavy atom. The number of alkyl carbamates (subject to hydrolysis) is 1. The summed E-state index contributed by atoms with van der Waals surface area (Å²) in [4.78, 5) is 11.6. The Balaban J connectivity index is 3.38. The molecular weight excluding hydrogens is 360 g/mol. The molecule has 4 heteroatoms. The number of carbonyl (C=O) groups is 1. The second-order valence-electron chi connectivity index (χ2n) is 9.40. The van der Waals surface area contributed by atoms with Crippen LogP contribution in [0, 0.1) is 0 Å². The SMILES string of the molecule is CCCCCCCCCCCCCCCC[N+](C)(C)CCOC(=O)NCCCC. The number of carbonyl (C=O) groups excluding carboxylic acids is 1. The van der Waals surface area contributed by atoms with Crippen molar-refractivity contribution in [2.24, 2.45) is 0 Å².